The summed E-state index contributed by atoms with van der Waals surface area (Å²) in [6, 6.07) is 1.73. The van der Waals surface area contributed by atoms with Gasteiger partial charge in [-0.2, -0.15) is 5.10 Å². The minimum atomic E-state index is -0.500. The molecular weight excluding hydrogens is 420 g/mol. The van der Waals surface area contributed by atoms with Crippen LogP contribution in [-0.2, 0) is 9.47 Å². The molecule has 0 radical (unpaired) electrons. The highest BCUT2D eigenvalue weighted by Gasteiger charge is 2.46. The lowest BCUT2D eigenvalue weighted by Crippen LogP contribution is -2.61. The lowest BCUT2D eigenvalue weighted by Gasteiger charge is -2.49. The summed E-state index contributed by atoms with van der Waals surface area (Å²) in [4.78, 5) is 18.5. The van der Waals surface area contributed by atoms with Gasteiger partial charge in [-0.05, 0) is 46.5 Å². The van der Waals surface area contributed by atoms with Crippen molar-refractivity contribution in [3.8, 4) is 5.75 Å². The van der Waals surface area contributed by atoms with E-state index in [4.69, 9.17) is 25.8 Å². The number of rotatable bonds is 5. The molecular formula is C22H31ClN4O4. The number of amides is 1. The minimum Gasteiger partial charge on any atom is -0.492 e. The van der Waals surface area contributed by atoms with Crippen molar-refractivity contribution in [2.75, 3.05) is 26.3 Å². The van der Waals surface area contributed by atoms with E-state index >= 15 is 0 Å². The second-order valence-electron chi connectivity index (χ2n) is 9.57. The summed E-state index contributed by atoms with van der Waals surface area (Å²) in [6.45, 7) is 10.1. The molecule has 2 aromatic rings. The van der Waals surface area contributed by atoms with Gasteiger partial charge in [0.1, 0.15) is 16.5 Å². The van der Waals surface area contributed by atoms with Crippen molar-refractivity contribution in [2.45, 2.75) is 65.2 Å². The van der Waals surface area contributed by atoms with Crippen LogP contribution < -0.4 is 4.74 Å². The highest BCUT2D eigenvalue weighted by molar-refractivity contribution is 6.30. The van der Waals surface area contributed by atoms with Gasteiger partial charge >= 0.3 is 6.09 Å². The van der Waals surface area contributed by atoms with Crippen molar-refractivity contribution >= 4 is 28.7 Å². The summed E-state index contributed by atoms with van der Waals surface area (Å²) in [7, 11) is 0. The fourth-order valence-electron chi connectivity index (χ4n) is 4.07. The fraction of sp³-hybridized carbons (Fsp3) is 0.682. The van der Waals surface area contributed by atoms with Gasteiger partial charge < -0.3 is 19.1 Å². The average molecular weight is 451 g/mol. The first-order valence-corrected chi connectivity index (χ1v) is 11.3. The third-order valence-corrected chi connectivity index (χ3v) is 6.11. The quantitative estimate of drug-likeness (QED) is 0.608. The smallest absolute Gasteiger partial charge is 0.410 e. The third kappa shape index (κ3) is 4.75. The van der Waals surface area contributed by atoms with Crippen LogP contribution in [0.1, 0.15) is 59.6 Å². The Morgan fingerprint density at radius 1 is 1.35 bits per heavy atom. The molecule has 0 aromatic carbocycles. The molecule has 31 heavy (non-hydrogen) atoms. The van der Waals surface area contributed by atoms with Crippen molar-refractivity contribution in [1.29, 1.82) is 0 Å². The van der Waals surface area contributed by atoms with E-state index in [9.17, 15) is 4.79 Å². The summed E-state index contributed by atoms with van der Waals surface area (Å²) < 4.78 is 19.4. The normalized spacial score (nSPS) is 21.1. The Kier molecular flexibility index (Phi) is 6.05. The highest BCUT2D eigenvalue weighted by Crippen LogP contribution is 2.37. The Morgan fingerprint density at radius 2 is 2.13 bits per heavy atom. The second kappa shape index (κ2) is 8.47. The van der Waals surface area contributed by atoms with E-state index in [0.717, 1.165) is 37.7 Å². The maximum atomic E-state index is 12.3. The van der Waals surface area contributed by atoms with Gasteiger partial charge in [-0.3, -0.25) is 0 Å². The first-order chi connectivity index (χ1) is 14.7. The standard InChI is InChI=1S/C22H31ClN4O4/c1-5-22(12-26(13-22)20(28)31-21(2,3)4)14-30-16-10-17(23)25-19-15(16)11-24-27(19)18-8-6-7-9-29-18/h10-11,18H,5-9,12-14H2,1-4H3. The fourth-order valence-corrected chi connectivity index (χ4v) is 4.25. The Hall–Kier alpha value is -2.06. The zero-order valence-electron chi connectivity index (χ0n) is 18.7. The maximum Gasteiger partial charge on any atom is 0.410 e. The number of carbonyl (C=O) groups excluding carboxylic acids is 1. The maximum absolute atomic E-state index is 12.3. The van der Waals surface area contributed by atoms with Gasteiger partial charge in [0.2, 0.25) is 0 Å². The molecule has 8 nitrogen and oxygen atoms in total. The number of hydrogen-bond acceptors (Lipinski definition) is 6. The zero-order chi connectivity index (χ0) is 22.2. The van der Waals surface area contributed by atoms with Crippen molar-refractivity contribution in [3.05, 3.63) is 17.4 Å². The molecule has 4 heterocycles. The van der Waals surface area contributed by atoms with E-state index in [0.29, 0.717) is 36.2 Å². The number of nitrogens with zero attached hydrogens (tertiary/aromatic N) is 4. The third-order valence-electron chi connectivity index (χ3n) is 5.91. The Morgan fingerprint density at radius 3 is 2.77 bits per heavy atom. The van der Waals surface area contributed by atoms with E-state index < -0.39 is 5.60 Å². The molecule has 2 fully saturated rings. The van der Waals surface area contributed by atoms with Gasteiger partial charge in [-0.1, -0.05) is 18.5 Å². The van der Waals surface area contributed by atoms with Gasteiger partial charge in [-0.25, -0.2) is 14.5 Å². The number of pyridine rings is 1. The van der Waals surface area contributed by atoms with E-state index in [1.54, 1.807) is 21.8 Å². The van der Waals surface area contributed by atoms with Crippen LogP contribution in [0.15, 0.2) is 12.3 Å². The van der Waals surface area contributed by atoms with Crippen LogP contribution in [0.25, 0.3) is 11.0 Å². The molecule has 170 valence electrons. The first kappa shape index (κ1) is 22.1. The SMILES string of the molecule is CCC1(COc2cc(Cl)nc3c2cnn3C2CCCCO2)CN(C(=O)OC(C)(C)C)C1. The van der Waals surface area contributed by atoms with Crippen LogP contribution in [0, 0.1) is 5.41 Å². The van der Waals surface area contributed by atoms with E-state index in [1.807, 2.05) is 20.8 Å². The molecule has 2 aliphatic heterocycles. The molecule has 0 N–H and O–H groups in total. The molecule has 2 saturated heterocycles. The summed E-state index contributed by atoms with van der Waals surface area (Å²) in [5.41, 5.74) is 0.0603. The number of ether oxygens (including phenoxy) is 3. The second-order valence-corrected chi connectivity index (χ2v) is 9.96. The summed E-state index contributed by atoms with van der Waals surface area (Å²) in [5, 5.41) is 5.68. The molecule has 0 spiro atoms. The molecule has 0 aliphatic carbocycles. The lowest BCUT2D eigenvalue weighted by molar-refractivity contribution is -0.0526. The molecule has 1 unspecified atom stereocenters. The molecule has 4 rings (SSSR count). The first-order valence-electron chi connectivity index (χ1n) is 11.0. The lowest BCUT2D eigenvalue weighted by atomic mass is 9.78. The number of carbonyl (C=O) groups is 1. The van der Waals surface area contributed by atoms with Crippen molar-refractivity contribution in [1.82, 2.24) is 19.7 Å². The van der Waals surface area contributed by atoms with E-state index in [-0.39, 0.29) is 17.7 Å². The van der Waals surface area contributed by atoms with Crippen LogP contribution >= 0.6 is 11.6 Å². The van der Waals surface area contributed by atoms with Crippen molar-refractivity contribution in [3.63, 3.8) is 0 Å². The number of likely N-dealkylation sites (tertiary alicyclic amines) is 1. The molecule has 2 aliphatic rings. The average Bonchev–Trinajstić information content (AvgIpc) is 3.10. The predicted molar refractivity (Wildman–Crippen MR) is 117 cm³/mol. The van der Waals surface area contributed by atoms with Crippen LogP contribution in [-0.4, -0.2) is 57.7 Å². The Balaban J connectivity index is 1.46. The largest absolute Gasteiger partial charge is 0.492 e. The molecule has 2 aromatic heterocycles. The molecule has 1 amide bonds. The summed E-state index contributed by atoms with van der Waals surface area (Å²) in [5.74, 6) is 0.653. The van der Waals surface area contributed by atoms with E-state index in [1.165, 1.54) is 0 Å². The topological polar surface area (TPSA) is 78.7 Å². The highest BCUT2D eigenvalue weighted by atomic mass is 35.5. The van der Waals surface area contributed by atoms with Crippen LogP contribution in [0.3, 0.4) is 0 Å². The molecule has 0 saturated carbocycles. The van der Waals surface area contributed by atoms with E-state index in [2.05, 4.69) is 17.0 Å². The minimum absolute atomic E-state index is 0.110. The Bertz CT molecular complexity index is 943. The summed E-state index contributed by atoms with van der Waals surface area (Å²) in [6.07, 6.45) is 5.32. The van der Waals surface area contributed by atoms with Gasteiger partial charge in [0.25, 0.3) is 0 Å². The number of hydrogen-bond donors (Lipinski definition) is 0. The molecule has 0 bridgehead atoms. The zero-order valence-corrected chi connectivity index (χ0v) is 19.4. The monoisotopic (exact) mass is 450 g/mol. The van der Waals surface area contributed by atoms with Gasteiger partial charge in [0.05, 0.1) is 18.2 Å². The van der Waals surface area contributed by atoms with Gasteiger partial charge in [0.15, 0.2) is 11.9 Å². The number of aromatic nitrogens is 3. The Labute approximate surface area is 187 Å². The number of fused-ring (bicyclic) bond motifs is 1. The molecule has 9 heteroatoms. The van der Waals surface area contributed by atoms with Crippen LogP contribution in [0.4, 0.5) is 4.79 Å². The summed E-state index contributed by atoms with van der Waals surface area (Å²) >= 11 is 6.31. The predicted octanol–water partition coefficient (Wildman–Crippen LogP) is 4.81. The van der Waals surface area contributed by atoms with Gasteiger partial charge in [-0.15, -0.1) is 0 Å². The van der Waals surface area contributed by atoms with Crippen LogP contribution in [0.2, 0.25) is 5.15 Å². The van der Waals surface area contributed by atoms with Gasteiger partial charge in [0, 0.05) is 31.2 Å². The van der Waals surface area contributed by atoms with Crippen molar-refractivity contribution in [2.24, 2.45) is 5.41 Å². The van der Waals surface area contributed by atoms with Crippen LogP contribution in [0.5, 0.6) is 5.75 Å². The molecule has 1 atom stereocenters. The van der Waals surface area contributed by atoms with Crippen molar-refractivity contribution < 1.29 is 19.0 Å². The number of halogens is 1.